The van der Waals surface area contributed by atoms with Crippen LogP contribution in [0.3, 0.4) is 0 Å². The molecule has 47 heavy (non-hydrogen) atoms. The number of carbonyl (C=O) groups is 3. The Hall–Kier alpha value is -3.27. The second kappa shape index (κ2) is 15.3. The Labute approximate surface area is 287 Å². The molecule has 252 valence electrons. The van der Waals surface area contributed by atoms with E-state index in [-0.39, 0.29) is 42.0 Å². The zero-order valence-electron chi connectivity index (χ0n) is 27.4. The van der Waals surface area contributed by atoms with Crippen LogP contribution >= 0.6 is 23.4 Å². The van der Waals surface area contributed by atoms with Crippen molar-refractivity contribution in [3.63, 3.8) is 0 Å². The van der Waals surface area contributed by atoms with E-state index in [1.54, 1.807) is 44.7 Å². The van der Waals surface area contributed by atoms with Crippen molar-refractivity contribution in [1.29, 1.82) is 0 Å². The standard InChI is InChI=1S/C37H46ClN3O5S/c1-5-20-39(26-16-18-27(19-17-26)46-7-3)34(43)31-30-24-25(4)37(47-30)32(31)35(44)41(22-12-8-9-13-23-42)33(37)36(45)40(21-6-2)29-15-11-10-14-28(29)38/h5-6,10-11,14-19,25,30-33,42H,1-2,7-9,12-13,20-24H2,3-4H3/t25?,30-,31+,32-,33?,37?/m0/s1. The minimum atomic E-state index is -0.774. The number of hydrogen-bond acceptors (Lipinski definition) is 6. The van der Waals surface area contributed by atoms with Gasteiger partial charge in [-0.2, -0.15) is 0 Å². The Kier molecular flexibility index (Phi) is 11.4. The monoisotopic (exact) mass is 679 g/mol. The lowest BCUT2D eigenvalue weighted by Gasteiger charge is -2.41. The van der Waals surface area contributed by atoms with E-state index in [9.17, 15) is 19.5 Å². The van der Waals surface area contributed by atoms with E-state index in [0.29, 0.717) is 48.9 Å². The highest BCUT2D eigenvalue weighted by molar-refractivity contribution is 8.02. The first-order valence-electron chi connectivity index (χ1n) is 16.7. The average Bonchev–Trinajstić information content (AvgIpc) is 3.66. The molecule has 0 aliphatic carbocycles. The fourth-order valence-corrected chi connectivity index (χ4v) is 10.5. The van der Waals surface area contributed by atoms with Gasteiger partial charge >= 0.3 is 0 Å². The van der Waals surface area contributed by atoms with Crippen molar-refractivity contribution in [3.05, 3.63) is 78.9 Å². The molecular weight excluding hydrogens is 634 g/mol. The molecule has 3 fully saturated rings. The van der Waals surface area contributed by atoms with E-state index in [2.05, 4.69) is 20.1 Å². The highest BCUT2D eigenvalue weighted by Crippen LogP contribution is 2.69. The van der Waals surface area contributed by atoms with Crippen LogP contribution in [0.2, 0.25) is 5.02 Å². The number of anilines is 2. The fraction of sp³-hybridized carbons (Fsp3) is 0.486. The largest absolute Gasteiger partial charge is 0.494 e. The molecular formula is C37H46ClN3O5S. The molecule has 3 aliphatic rings. The van der Waals surface area contributed by atoms with Gasteiger partial charge in [-0.15, -0.1) is 24.9 Å². The highest BCUT2D eigenvalue weighted by Gasteiger charge is 2.76. The van der Waals surface area contributed by atoms with E-state index in [4.69, 9.17) is 16.3 Å². The van der Waals surface area contributed by atoms with Crippen molar-refractivity contribution in [2.75, 3.05) is 42.6 Å². The van der Waals surface area contributed by atoms with Crippen LogP contribution in [0.5, 0.6) is 5.75 Å². The predicted octanol–water partition coefficient (Wildman–Crippen LogP) is 6.37. The second-order valence-electron chi connectivity index (χ2n) is 12.6. The first-order chi connectivity index (χ1) is 22.7. The molecule has 0 saturated carbocycles. The molecule has 3 unspecified atom stereocenters. The number of ether oxygens (including phenoxy) is 1. The van der Waals surface area contributed by atoms with Crippen LogP contribution < -0.4 is 14.5 Å². The summed E-state index contributed by atoms with van der Waals surface area (Å²) in [4.78, 5) is 49.4. The Balaban J connectivity index is 1.54. The van der Waals surface area contributed by atoms with Crippen LogP contribution in [0, 0.1) is 17.8 Å². The minimum absolute atomic E-state index is 0.0268. The van der Waals surface area contributed by atoms with Gasteiger partial charge in [-0.25, -0.2) is 0 Å². The number of hydrogen-bond donors (Lipinski definition) is 1. The maximum Gasteiger partial charge on any atom is 0.251 e. The van der Waals surface area contributed by atoms with Crippen molar-refractivity contribution in [1.82, 2.24) is 4.90 Å². The summed E-state index contributed by atoms with van der Waals surface area (Å²) in [6.07, 6.45) is 7.15. The Morgan fingerprint density at radius 2 is 1.72 bits per heavy atom. The van der Waals surface area contributed by atoms with Gasteiger partial charge in [-0.1, -0.05) is 55.7 Å². The van der Waals surface area contributed by atoms with Crippen LogP contribution in [0.4, 0.5) is 11.4 Å². The van der Waals surface area contributed by atoms with Crippen LogP contribution in [-0.2, 0) is 14.4 Å². The van der Waals surface area contributed by atoms with Gasteiger partial charge in [0.05, 0.1) is 33.9 Å². The van der Waals surface area contributed by atoms with Crippen molar-refractivity contribution in [2.24, 2.45) is 17.8 Å². The van der Waals surface area contributed by atoms with Crippen LogP contribution in [0.1, 0.15) is 46.0 Å². The number of halogens is 1. The third-order valence-electron chi connectivity index (χ3n) is 9.83. The maximum absolute atomic E-state index is 14.9. The molecule has 6 atom stereocenters. The number of fused-ring (bicyclic) bond motifs is 1. The van der Waals surface area contributed by atoms with Crippen molar-refractivity contribution in [3.8, 4) is 5.75 Å². The molecule has 8 nitrogen and oxygen atoms in total. The summed E-state index contributed by atoms with van der Waals surface area (Å²) < 4.78 is 4.84. The molecule has 2 aromatic carbocycles. The molecule has 3 saturated heterocycles. The fourth-order valence-electron chi connectivity index (χ4n) is 7.84. The summed E-state index contributed by atoms with van der Waals surface area (Å²) in [5.41, 5.74) is 1.28. The molecule has 1 N–H and O–H groups in total. The topological polar surface area (TPSA) is 90.4 Å². The normalized spacial score (nSPS) is 25.8. The molecule has 1 spiro atoms. The molecule has 3 amide bonds. The van der Waals surface area contributed by atoms with E-state index < -0.39 is 22.6 Å². The third kappa shape index (κ3) is 6.46. The molecule has 3 aliphatic heterocycles. The zero-order valence-corrected chi connectivity index (χ0v) is 28.9. The van der Waals surface area contributed by atoms with E-state index >= 15 is 0 Å². The molecule has 0 aromatic heterocycles. The lowest BCUT2D eigenvalue weighted by molar-refractivity contribution is -0.139. The lowest BCUT2D eigenvalue weighted by Crippen LogP contribution is -2.57. The molecule has 3 heterocycles. The Morgan fingerprint density at radius 1 is 1.04 bits per heavy atom. The third-order valence-corrected chi connectivity index (χ3v) is 12.2. The predicted molar refractivity (Wildman–Crippen MR) is 190 cm³/mol. The summed E-state index contributed by atoms with van der Waals surface area (Å²) in [5.74, 6) is -0.942. The smallest absolute Gasteiger partial charge is 0.251 e. The number of likely N-dealkylation sites (tertiary alicyclic amines) is 1. The minimum Gasteiger partial charge on any atom is -0.494 e. The molecule has 0 radical (unpaired) electrons. The number of unbranched alkanes of at least 4 members (excludes halogenated alkanes) is 3. The number of nitrogens with zero attached hydrogens (tertiary/aromatic N) is 3. The van der Waals surface area contributed by atoms with Crippen LogP contribution in [-0.4, -0.2) is 76.6 Å². The van der Waals surface area contributed by atoms with Gasteiger partial charge in [-0.05, 0) is 68.5 Å². The second-order valence-corrected chi connectivity index (χ2v) is 14.5. The van der Waals surface area contributed by atoms with E-state index in [0.717, 1.165) is 25.0 Å². The lowest BCUT2D eigenvalue weighted by atomic mass is 9.65. The molecule has 2 aromatic rings. The Bertz CT molecular complexity index is 1470. The number of thioether (sulfide) groups is 1. The van der Waals surface area contributed by atoms with Crippen molar-refractivity contribution in [2.45, 2.75) is 62.0 Å². The van der Waals surface area contributed by atoms with Crippen molar-refractivity contribution < 1.29 is 24.2 Å². The van der Waals surface area contributed by atoms with Crippen LogP contribution in [0.25, 0.3) is 0 Å². The van der Waals surface area contributed by atoms with Gasteiger partial charge in [0, 0.05) is 37.2 Å². The summed E-state index contributed by atoms with van der Waals surface area (Å²) in [6, 6.07) is 13.9. The van der Waals surface area contributed by atoms with Crippen molar-refractivity contribution >= 4 is 52.5 Å². The Morgan fingerprint density at radius 3 is 2.38 bits per heavy atom. The summed E-state index contributed by atoms with van der Waals surface area (Å²) >= 11 is 8.30. The highest BCUT2D eigenvalue weighted by atomic mass is 35.5. The number of benzene rings is 2. The first-order valence-corrected chi connectivity index (χ1v) is 17.9. The summed E-state index contributed by atoms with van der Waals surface area (Å²) in [7, 11) is 0. The molecule has 2 bridgehead atoms. The maximum atomic E-state index is 14.9. The van der Waals surface area contributed by atoms with Gasteiger partial charge in [0.1, 0.15) is 11.8 Å². The van der Waals surface area contributed by atoms with Gasteiger partial charge in [0.15, 0.2) is 0 Å². The quantitative estimate of drug-likeness (QED) is 0.164. The van der Waals surface area contributed by atoms with Gasteiger partial charge < -0.3 is 24.5 Å². The molecule has 10 heteroatoms. The zero-order chi connectivity index (χ0) is 33.7. The van der Waals surface area contributed by atoms with Gasteiger partial charge in [-0.3, -0.25) is 14.4 Å². The van der Waals surface area contributed by atoms with Gasteiger partial charge in [0.25, 0.3) is 5.91 Å². The van der Waals surface area contributed by atoms with E-state index in [1.807, 2.05) is 49.4 Å². The number of aliphatic hydroxyl groups excluding tert-OH is 1. The number of aliphatic hydroxyl groups is 1. The molecule has 5 rings (SSSR count). The average molecular weight is 680 g/mol. The number of rotatable bonds is 16. The summed E-state index contributed by atoms with van der Waals surface area (Å²) in [5, 5.41) is 9.63. The summed E-state index contributed by atoms with van der Waals surface area (Å²) in [6.45, 7) is 13.5. The number of carbonyl (C=O) groups excluding carboxylic acids is 3. The SMILES string of the molecule is C=CCN(C(=O)[C@@H]1[C@@H]2CC(C)C3(S2)C(C(=O)N(CC=C)c2ccccc2Cl)N(CCCCCCO)C(=O)[C@H]13)c1ccc(OCC)cc1. The first kappa shape index (κ1) is 35.0. The number of para-hydroxylation sites is 1. The number of amides is 3. The van der Waals surface area contributed by atoms with E-state index in [1.165, 1.54) is 0 Å². The van der Waals surface area contributed by atoms with Crippen LogP contribution in [0.15, 0.2) is 73.8 Å². The van der Waals surface area contributed by atoms with Gasteiger partial charge in [0.2, 0.25) is 11.8 Å².